The van der Waals surface area contributed by atoms with E-state index in [1.165, 1.54) is 0 Å². The van der Waals surface area contributed by atoms with Crippen LogP contribution < -0.4 is 0 Å². The lowest BCUT2D eigenvalue weighted by atomic mass is 9.95. The van der Waals surface area contributed by atoms with E-state index in [0.717, 1.165) is 11.1 Å². The van der Waals surface area contributed by atoms with Crippen LogP contribution in [0.2, 0.25) is 0 Å². The van der Waals surface area contributed by atoms with E-state index in [1.807, 2.05) is 50.2 Å². The average Bonchev–Trinajstić information content (AvgIpc) is 2.76. The first-order chi connectivity index (χ1) is 12.0. The molecule has 0 bridgehead atoms. The summed E-state index contributed by atoms with van der Waals surface area (Å²) in [5.74, 6) is -0.891. The van der Waals surface area contributed by atoms with Gasteiger partial charge in [-0.15, -0.1) is 0 Å². The summed E-state index contributed by atoms with van der Waals surface area (Å²) >= 11 is 3.27. The topological polar surface area (TPSA) is 52.6 Å². The third-order valence-corrected chi connectivity index (χ3v) is 4.75. The smallest absolute Gasteiger partial charge is 0.349 e. The fourth-order valence-electron chi connectivity index (χ4n) is 2.59. The van der Waals surface area contributed by atoms with Gasteiger partial charge in [0.25, 0.3) is 0 Å². The van der Waals surface area contributed by atoms with E-state index >= 15 is 0 Å². The molecule has 2 aromatic rings. The lowest BCUT2D eigenvalue weighted by Gasteiger charge is -2.14. The number of halogens is 1. The molecule has 1 aliphatic heterocycles. The largest absolute Gasteiger partial charge is 0.459 e. The molecule has 4 nitrogen and oxygen atoms in total. The third-order valence-electron chi connectivity index (χ3n) is 4.07. The van der Waals surface area contributed by atoms with Crippen LogP contribution in [0.15, 0.2) is 53.0 Å². The molecule has 0 amide bonds. The predicted octanol–water partition coefficient (Wildman–Crippen LogP) is 4.93. The number of ether oxygens (including phenoxy) is 2. The van der Waals surface area contributed by atoms with Gasteiger partial charge < -0.3 is 9.47 Å². The van der Waals surface area contributed by atoms with Crippen molar-refractivity contribution in [2.45, 2.75) is 26.4 Å². The van der Waals surface area contributed by atoms with Gasteiger partial charge in [-0.25, -0.2) is 9.59 Å². The molecule has 5 heteroatoms. The SMILES string of the molecule is CCC(C)OC(=O)/C(Br)=C1\OC(=O)c2ccccc2-c2ccccc21. The minimum Gasteiger partial charge on any atom is -0.459 e. The first-order valence-electron chi connectivity index (χ1n) is 8.04. The van der Waals surface area contributed by atoms with Gasteiger partial charge in [0.2, 0.25) is 0 Å². The van der Waals surface area contributed by atoms with Gasteiger partial charge in [-0.3, -0.25) is 0 Å². The fourth-order valence-corrected chi connectivity index (χ4v) is 2.98. The van der Waals surface area contributed by atoms with Crippen molar-refractivity contribution in [1.82, 2.24) is 0 Å². The summed E-state index contributed by atoms with van der Waals surface area (Å²) in [6, 6.07) is 14.7. The van der Waals surface area contributed by atoms with Crippen LogP contribution in [-0.4, -0.2) is 18.0 Å². The van der Waals surface area contributed by atoms with E-state index in [4.69, 9.17) is 9.47 Å². The Morgan fingerprint density at radius 1 is 1.04 bits per heavy atom. The quantitative estimate of drug-likeness (QED) is 0.541. The predicted molar refractivity (Wildman–Crippen MR) is 99.0 cm³/mol. The maximum absolute atomic E-state index is 12.6. The maximum Gasteiger partial charge on any atom is 0.349 e. The number of hydrogen-bond acceptors (Lipinski definition) is 4. The van der Waals surface area contributed by atoms with Crippen molar-refractivity contribution in [2.75, 3.05) is 0 Å². The highest BCUT2D eigenvalue weighted by molar-refractivity contribution is 9.12. The molecule has 2 aromatic carbocycles. The van der Waals surface area contributed by atoms with Gasteiger partial charge in [0, 0.05) is 5.56 Å². The molecule has 0 saturated carbocycles. The molecule has 1 atom stereocenters. The van der Waals surface area contributed by atoms with Crippen LogP contribution in [0.25, 0.3) is 16.9 Å². The second-order valence-corrected chi connectivity index (χ2v) is 6.54. The number of fused-ring (bicyclic) bond motifs is 3. The molecule has 0 saturated heterocycles. The molecule has 25 heavy (non-hydrogen) atoms. The first-order valence-corrected chi connectivity index (χ1v) is 8.84. The van der Waals surface area contributed by atoms with Gasteiger partial charge in [0.15, 0.2) is 5.76 Å². The Kier molecular flexibility index (Phi) is 5.04. The molecule has 128 valence electrons. The Morgan fingerprint density at radius 2 is 1.56 bits per heavy atom. The van der Waals surface area contributed by atoms with E-state index in [9.17, 15) is 9.59 Å². The normalized spacial score (nSPS) is 16.0. The van der Waals surface area contributed by atoms with E-state index in [2.05, 4.69) is 15.9 Å². The minimum absolute atomic E-state index is 0.0985. The fraction of sp³-hybridized carbons (Fsp3) is 0.200. The number of hydrogen-bond donors (Lipinski definition) is 0. The number of benzene rings is 2. The van der Waals surface area contributed by atoms with Crippen LogP contribution in [0.3, 0.4) is 0 Å². The van der Waals surface area contributed by atoms with Gasteiger partial charge in [-0.2, -0.15) is 0 Å². The lowest BCUT2D eigenvalue weighted by molar-refractivity contribution is -0.142. The molecule has 0 spiro atoms. The average molecular weight is 401 g/mol. The Morgan fingerprint density at radius 3 is 2.16 bits per heavy atom. The molecule has 0 N–H and O–H groups in total. The number of esters is 2. The Labute approximate surface area is 154 Å². The molecule has 0 aliphatic carbocycles. The van der Waals surface area contributed by atoms with E-state index in [0.29, 0.717) is 17.5 Å². The summed E-state index contributed by atoms with van der Waals surface area (Å²) in [6.07, 6.45) is 0.470. The zero-order valence-corrected chi connectivity index (χ0v) is 15.5. The van der Waals surface area contributed by atoms with Crippen molar-refractivity contribution in [1.29, 1.82) is 0 Å². The van der Waals surface area contributed by atoms with E-state index in [1.54, 1.807) is 12.1 Å². The molecule has 3 rings (SSSR count). The van der Waals surface area contributed by atoms with Gasteiger partial charge >= 0.3 is 11.9 Å². The lowest BCUT2D eigenvalue weighted by Crippen LogP contribution is -2.15. The first kappa shape index (κ1) is 17.4. The van der Waals surface area contributed by atoms with Crippen molar-refractivity contribution in [3.63, 3.8) is 0 Å². The van der Waals surface area contributed by atoms with Crippen LogP contribution in [0.5, 0.6) is 0 Å². The number of rotatable bonds is 3. The molecule has 1 heterocycles. The van der Waals surface area contributed by atoms with E-state index in [-0.39, 0.29) is 16.3 Å². The molecular formula is C20H17BrO4. The summed E-state index contributed by atoms with van der Waals surface area (Å²) in [6.45, 7) is 3.74. The molecular weight excluding hydrogens is 384 g/mol. The van der Waals surface area contributed by atoms with Crippen molar-refractivity contribution in [2.24, 2.45) is 0 Å². The number of carbonyl (C=O) groups excluding carboxylic acids is 2. The molecule has 0 aromatic heterocycles. The van der Waals surface area contributed by atoms with Crippen LogP contribution in [0.4, 0.5) is 0 Å². The molecule has 1 aliphatic rings. The van der Waals surface area contributed by atoms with Crippen LogP contribution >= 0.6 is 15.9 Å². The van der Waals surface area contributed by atoms with Gasteiger partial charge in [0.1, 0.15) is 4.48 Å². The Bertz CT molecular complexity index is 870. The highest BCUT2D eigenvalue weighted by atomic mass is 79.9. The second kappa shape index (κ2) is 7.23. The molecule has 0 radical (unpaired) electrons. The number of cyclic esters (lactones) is 1. The Hall–Kier alpha value is -2.40. The monoisotopic (exact) mass is 400 g/mol. The van der Waals surface area contributed by atoms with Crippen molar-refractivity contribution in [3.8, 4) is 11.1 Å². The summed E-state index contributed by atoms with van der Waals surface area (Å²) in [4.78, 5) is 25.0. The van der Waals surface area contributed by atoms with Crippen LogP contribution in [0.1, 0.15) is 36.2 Å². The summed E-state index contributed by atoms with van der Waals surface area (Å²) in [7, 11) is 0. The van der Waals surface area contributed by atoms with Gasteiger partial charge in [-0.1, -0.05) is 49.4 Å². The minimum atomic E-state index is -0.557. The second-order valence-electron chi connectivity index (χ2n) is 5.75. The zero-order valence-electron chi connectivity index (χ0n) is 13.9. The third kappa shape index (κ3) is 3.37. The summed E-state index contributed by atoms with van der Waals surface area (Å²) < 4.78 is 11.0. The highest BCUT2D eigenvalue weighted by Crippen LogP contribution is 2.38. The molecule has 1 unspecified atom stereocenters. The Balaban J connectivity index is 2.16. The summed E-state index contributed by atoms with van der Waals surface area (Å²) in [5.41, 5.74) is 2.72. The van der Waals surface area contributed by atoms with Gasteiger partial charge in [-0.05, 0) is 46.5 Å². The number of carbonyl (C=O) groups is 2. The van der Waals surface area contributed by atoms with Crippen LogP contribution in [0, 0.1) is 0 Å². The van der Waals surface area contributed by atoms with Crippen molar-refractivity contribution in [3.05, 3.63) is 64.1 Å². The van der Waals surface area contributed by atoms with Crippen LogP contribution in [-0.2, 0) is 14.3 Å². The zero-order chi connectivity index (χ0) is 18.0. The molecule has 0 fully saturated rings. The highest BCUT2D eigenvalue weighted by Gasteiger charge is 2.28. The van der Waals surface area contributed by atoms with E-state index < -0.39 is 11.9 Å². The maximum atomic E-state index is 12.6. The van der Waals surface area contributed by atoms with Gasteiger partial charge in [0.05, 0.1) is 11.7 Å². The van der Waals surface area contributed by atoms with Crippen molar-refractivity contribution < 1.29 is 19.1 Å². The summed E-state index contributed by atoms with van der Waals surface area (Å²) in [5, 5.41) is 0. The standard InChI is InChI=1S/C20H17BrO4/c1-3-12(2)24-20(23)17(21)18-15-10-6-4-8-13(15)14-9-5-7-11-16(14)19(22)25-18/h4-12H,3H2,1-2H3/b18-17+. The van der Waals surface area contributed by atoms with Crippen molar-refractivity contribution >= 4 is 33.6 Å².